The number of nitrogens with zero attached hydrogens (tertiary/aromatic N) is 1. The van der Waals surface area contributed by atoms with Crippen LogP contribution in [0.5, 0.6) is 5.75 Å². The number of aliphatic hydroxyl groups excluding tert-OH is 1. The van der Waals surface area contributed by atoms with Gasteiger partial charge in [-0.25, -0.2) is 0 Å². The van der Waals surface area contributed by atoms with Crippen LogP contribution in [-0.4, -0.2) is 70.8 Å². The molecule has 1 aromatic rings. The smallest absolute Gasteiger partial charge is 0.246 e. The van der Waals surface area contributed by atoms with Crippen molar-refractivity contribution in [3.63, 3.8) is 0 Å². The third-order valence-corrected chi connectivity index (χ3v) is 9.29. The van der Waals surface area contributed by atoms with E-state index in [0.717, 1.165) is 25.7 Å². The Hall–Kier alpha value is -2.65. The van der Waals surface area contributed by atoms with Gasteiger partial charge in [0, 0.05) is 24.9 Å². The van der Waals surface area contributed by atoms with Crippen molar-refractivity contribution in [2.75, 3.05) is 25.1 Å². The summed E-state index contributed by atoms with van der Waals surface area (Å²) >= 11 is 0. The maximum Gasteiger partial charge on any atom is 0.246 e. The van der Waals surface area contributed by atoms with Crippen LogP contribution in [0.15, 0.2) is 24.3 Å². The number of amides is 3. The summed E-state index contributed by atoms with van der Waals surface area (Å²) in [5.41, 5.74) is -1.33. The third-order valence-electron chi connectivity index (χ3n) is 9.29. The van der Waals surface area contributed by atoms with E-state index in [2.05, 4.69) is 10.6 Å². The van der Waals surface area contributed by atoms with Crippen molar-refractivity contribution in [2.45, 2.75) is 89.0 Å². The predicted octanol–water partition coefficient (Wildman–Crippen LogP) is 2.87. The van der Waals surface area contributed by atoms with Crippen molar-refractivity contribution in [3.8, 4) is 5.75 Å². The zero-order valence-electron chi connectivity index (χ0n) is 22.7. The van der Waals surface area contributed by atoms with Crippen LogP contribution in [0.25, 0.3) is 0 Å². The summed E-state index contributed by atoms with van der Waals surface area (Å²) in [6, 6.07) is 6.43. The van der Waals surface area contributed by atoms with Gasteiger partial charge in [-0.2, -0.15) is 0 Å². The average Bonchev–Trinajstić information content (AvgIpc) is 3.41. The number of fused-ring (bicyclic) bond motifs is 1. The molecule has 3 heterocycles. The molecule has 3 N–H and O–H groups in total. The number of aliphatic hydroxyl groups is 1. The molecule has 3 aliphatic heterocycles. The van der Waals surface area contributed by atoms with Crippen LogP contribution in [0.1, 0.15) is 65.7 Å². The van der Waals surface area contributed by atoms with E-state index in [1.807, 2.05) is 20.8 Å². The van der Waals surface area contributed by atoms with Gasteiger partial charge in [-0.15, -0.1) is 0 Å². The number of likely N-dealkylation sites (tertiary alicyclic amines) is 1. The van der Waals surface area contributed by atoms with Crippen LogP contribution >= 0.6 is 0 Å². The fourth-order valence-corrected chi connectivity index (χ4v) is 7.47. The molecule has 38 heavy (non-hydrogen) atoms. The lowest BCUT2D eigenvalue weighted by Crippen LogP contribution is -2.57. The number of hydrogen-bond donors (Lipinski definition) is 3. The number of anilines is 1. The molecule has 1 aromatic carbocycles. The van der Waals surface area contributed by atoms with Gasteiger partial charge < -0.3 is 30.1 Å². The molecule has 9 heteroatoms. The lowest BCUT2D eigenvalue weighted by molar-refractivity contribution is -0.146. The molecular weight excluding hydrogens is 486 g/mol. The molecule has 5 rings (SSSR count). The van der Waals surface area contributed by atoms with E-state index in [4.69, 9.17) is 9.47 Å². The SMILES string of the molecule is CCOc1ccc(NC(=O)[C@@H]2[C@H]3C(=O)N(CCCO)C(C(=O)NC4CCCCC4)C34CC(C)[C@@]2(C)O4)cc1. The molecule has 4 aliphatic rings. The molecule has 3 saturated heterocycles. The summed E-state index contributed by atoms with van der Waals surface area (Å²) in [4.78, 5) is 43.3. The maximum atomic E-state index is 14.0. The van der Waals surface area contributed by atoms with E-state index in [0.29, 0.717) is 30.9 Å². The summed E-state index contributed by atoms with van der Waals surface area (Å²) < 4.78 is 12.2. The minimum absolute atomic E-state index is 0.0228. The van der Waals surface area contributed by atoms with Crippen LogP contribution in [0.4, 0.5) is 5.69 Å². The number of nitrogens with one attached hydrogen (secondary N) is 2. The van der Waals surface area contributed by atoms with E-state index in [9.17, 15) is 19.5 Å². The highest BCUT2D eigenvalue weighted by molar-refractivity contribution is 6.02. The van der Waals surface area contributed by atoms with E-state index in [-0.39, 0.29) is 42.8 Å². The van der Waals surface area contributed by atoms with Gasteiger partial charge >= 0.3 is 0 Å². The van der Waals surface area contributed by atoms with Gasteiger partial charge in [0.25, 0.3) is 0 Å². The summed E-state index contributed by atoms with van der Waals surface area (Å²) in [5, 5.41) is 15.7. The second-order valence-electron chi connectivity index (χ2n) is 11.6. The normalized spacial score (nSPS) is 34.3. The Kier molecular flexibility index (Phi) is 7.44. The van der Waals surface area contributed by atoms with Crippen molar-refractivity contribution in [3.05, 3.63) is 24.3 Å². The van der Waals surface area contributed by atoms with Crippen LogP contribution in [0.3, 0.4) is 0 Å². The van der Waals surface area contributed by atoms with Gasteiger partial charge in [0.05, 0.1) is 24.0 Å². The number of carbonyl (C=O) groups excluding carboxylic acids is 3. The van der Waals surface area contributed by atoms with Crippen LogP contribution in [0.2, 0.25) is 0 Å². The molecule has 208 valence electrons. The summed E-state index contributed by atoms with van der Waals surface area (Å²) in [7, 11) is 0. The Morgan fingerprint density at radius 2 is 1.87 bits per heavy atom. The molecule has 0 aromatic heterocycles. The van der Waals surface area contributed by atoms with E-state index >= 15 is 0 Å². The Morgan fingerprint density at radius 1 is 1.16 bits per heavy atom. The molecular formula is C29H41N3O6. The van der Waals surface area contributed by atoms with Gasteiger partial charge in [-0.3, -0.25) is 14.4 Å². The van der Waals surface area contributed by atoms with Gasteiger partial charge in [-0.1, -0.05) is 26.2 Å². The predicted molar refractivity (Wildman–Crippen MR) is 141 cm³/mol. The number of hydrogen-bond acceptors (Lipinski definition) is 6. The first kappa shape index (κ1) is 26.9. The fraction of sp³-hybridized carbons (Fsp3) is 0.690. The zero-order valence-corrected chi connectivity index (χ0v) is 22.7. The van der Waals surface area contributed by atoms with Crippen LogP contribution < -0.4 is 15.4 Å². The van der Waals surface area contributed by atoms with E-state index < -0.39 is 29.1 Å². The molecule has 0 radical (unpaired) electrons. The van der Waals surface area contributed by atoms with Crippen molar-refractivity contribution in [1.29, 1.82) is 0 Å². The van der Waals surface area contributed by atoms with Gasteiger partial charge in [0.15, 0.2) is 0 Å². The highest BCUT2D eigenvalue weighted by Crippen LogP contribution is 2.65. The monoisotopic (exact) mass is 527 g/mol. The van der Waals surface area contributed by atoms with E-state index in [1.165, 1.54) is 6.42 Å². The summed E-state index contributed by atoms with van der Waals surface area (Å²) in [5.74, 6) is -1.52. The summed E-state index contributed by atoms with van der Waals surface area (Å²) in [6.45, 7) is 6.57. The Bertz CT molecular complexity index is 1060. The van der Waals surface area contributed by atoms with E-state index in [1.54, 1.807) is 29.2 Å². The van der Waals surface area contributed by atoms with Crippen molar-refractivity contribution in [2.24, 2.45) is 17.8 Å². The largest absolute Gasteiger partial charge is 0.494 e. The molecule has 2 bridgehead atoms. The first-order valence-electron chi connectivity index (χ1n) is 14.2. The second-order valence-corrected chi connectivity index (χ2v) is 11.6. The lowest BCUT2D eigenvalue weighted by Gasteiger charge is -2.36. The molecule has 1 saturated carbocycles. The average molecular weight is 528 g/mol. The van der Waals surface area contributed by atoms with Gasteiger partial charge in [-0.05, 0) is 69.7 Å². The van der Waals surface area contributed by atoms with Crippen LogP contribution in [0, 0.1) is 17.8 Å². The second kappa shape index (κ2) is 10.5. The lowest BCUT2D eigenvalue weighted by atomic mass is 9.62. The minimum Gasteiger partial charge on any atom is -0.494 e. The van der Waals surface area contributed by atoms with Gasteiger partial charge in [0.1, 0.15) is 17.4 Å². The molecule has 1 aliphatic carbocycles. The zero-order chi connectivity index (χ0) is 27.1. The van der Waals surface area contributed by atoms with Crippen molar-refractivity contribution < 1.29 is 29.0 Å². The first-order valence-corrected chi connectivity index (χ1v) is 14.2. The molecule has 1 spiro atoms. The number of carbonyl (C=O) groups is 3. The highest BCUT2D eigenvalue weighted by atomic mass is 16.5. The van der Waals surface area contributed by atoms with Gasteiger partial charge in [0.2, 0.25) is 17.7 Å². The Balaban J connectivity index is 1.44. The molecule has 3 amide bonds. The number of ether oxygens (including phenoxy) is 2. The summed E-state index contributed by atoms with van der Waals surface area (Å²) in [6.07, 6.45) is 6.09. The highest BCUT2D eigenvalue weighted by Gasteiger charge is 2.79. The Labute approximate surface area is 224 Å². The minimum atomic E-state index is -1.07. The molecule has 4 fully saturated rings. The molecule has 6 atom stereocenters. The molecule has 3 unspecified atom stereocenters. The third kappa shape index (κ3) is 4.37. The number of rotatable bonds is 9. The first-order chi connectivity index (χ1) is 18.2. The fourth-order valence-electron chi connectivity index (χ4n) is 7.47. The topological polar surface area (TPSA) is 117 Å². The van der Waals surface area contributed by atoms with Crippen molar-refractivity contribution >= 4 is 23.4 Å². The number of benzene rings is 1. The Morgan fingerprint density at radius 3 is 2.53 bits per heavy atom. The quantitative estimate of drug-likeness (QED) is 0.455. The molecule has 9 nitrogen and oxygen atoms in total. The van der Waals surface area contributed by atoms with Crippen molar-refractivity contribution in [1.82, 2.24) is 10.2 Å². The standard InChI is InChI=1S/C29H41N3O6/c1-4-37-21-13-11-20(12-14-21)30-25(34)22-23-27(36)32(15-8-16-33)24(26(35)31-19-9-6-5-7-10-19)29(23)17-18(2)28(22,3)38-29/h11-14,18-19,22-24,33H,4-10,15-17H2,1-3H3,(H,30,34)(H,31,35)/t18?,22-,23-,24?,28+,29?/m0/s1. The van der Waals surface area contributed by atoms with Crippen LogP contribution in [-0.2, 0) is 19.1 Å². The maximum absolute atomic E-state index is 14.0.